The van der Waals surface area contributed by atoms with Crippen LogP contribution in [0.1, 0.15) is 30.0 Å². The maximum atomic E-state index is 5.52. The number of nitrogens with one attached hydrogen (secondary N) is 2. The van der Waals surface area contributed by atoms with E-state index in [0.717, 1.165) is 22.7 Å². The van der Waals surface area contributed by atoms with Gasteiger partial charge in [-0.25, -0.2) is 10.8 Å². The van der Waals surface area contributed by atoms with Crippen LogP contribution >= 0.6 is 0 Å². The number of benzene rings is 1. The van der Waals surface area contributed by atoms with Gasteiger partial charge in [-0.3, -0.25) is 5.43 Å². The number of hydrogen-bond donors (Lipinski definition) is 3. The van der Waals surface area contributed by atoms with Gasteiger partial charge in [0.1, 0.15) is 5.76 Å². The molecule has 4 N–H and O–H groups in total. The van der Waals surface area contributed by atoms with Crippen molar-refractivity contribution in [3.63, 3.8) is 0 Å². The van der Waals surface area contributed by atoms with E-state index < -0.39 is 0 Å². The second-order valence-electron chi connectivity index (χ2n) is 4.53. The molecule has 0 aliphatic rings. The van der Waals surface area contributed by atoms with Crippen molar-refractivity contribution in [2.24, 2.45) is 10.8 Å². The van der Waals surface area contributed by atoms with Gasteiger partial charge >= 0.3 is 0 Å². The van der Waals surface area contributed by atoms with E-state index in [1.54, 1.807) is 0 Å². The number of aromatic nitrogens is 1. The zero-order valence-corrected chi connectivity index (χ0v) is 11.8. The minimum atomic E-state index is -0.108. The van der Waals surface area contributed by atoms with Gasteiger partial charge in [-0.15, -0.1) is 0 Å². The zero-order chi connectivity index (χ0) is 14.5. The highest BCUT2D eigenvalue weighted by molar-refractivity contribution is 5.93. The second kappa shape index (κ2) is 6.21. The average Bonchev–Trinajstić information content (AvgIpc) is 2.78. The first-order chi connectivity index (χ1) is 9.61. The quantitative estimate of drug-likeness (QED) is 0.345. The molecule has 0 saturated heterocycles. The Kier molecular flexibility index (Phi) is 4.37. The molecule has 1 unspecified atom stereocenters. The summed E-state index contributed by atoms with van der Waals surface area (Å²) in [6.45, 7) is 5.75. The van der Waals surface area contributed by atoms with Crippen LogP contribution in [0.3, 0.4) is 0 Å². The molecule has 0 radical (unpaired) electrons. The summed E-state index contributed by atoms with van der Waals surface area (Å²) >= 11 is 0. The van der Waals surface area contributed by atoms with Gasteiger partial charge in [-0.2, -0.15) is 0 Å². The predicted octanol–water partition coefficient (Wildman–Crippen LogP) is 2.28. The molecule has 1 heterocycles. The highest BCUT2D eigenvalue weighted by atomic mass is 16.5. The summed E-state index contributed by atoms with van der Waals surface area (Å²) in [6, 6.07) is 9.59. The first kappa shape index (κ1) is 14.1. The van der Waals surface area contributed by atoms with Gasteiger partial charge in [0.15, 0.2) is 0 Å². The Hall–Kier alpha value is -2.34. The van der Waals surface area contributed by atoms with Crippen LogP contribution in [0.5, 0.6) is 0 Å². The zero-order valence-electron chi connectivity index (χ0n) is 11.8. The summed E-state index contributed by atoms with van der Waals surface area (Å²) in [4.78, 5) is 4.52. The molecule has 0 fully saturated rings. The van der Waals surface area contributed by atoms with Crippen LogP contribution < -0.4 is 16.6 Å². The summed E-state index contributed by atoms with van der Waals surface area (Å²) in [5, 5.41) is 7.06. The van der Waals surface area contributed by atoms with Crippen LogP contribution in [0.2, 0.25) is 0 Å². The Bertz CT molecular complexity index is 571. The normalized spacial score (nSPS) is 13.1. The lowest BCUT2D eigenvalue weighted by Crippen LogP contribution is -2.36. The molecular weight excluding hydrogens is 254 g/mol. The number of para-hydroxylation sites is 1. The van der Waals surface area contributed by atoms with Crippen LogP contribution in [0.4, 0.5) is 5.69 Å². The van der Waals surface area contributed by atoms with E-state index in [0.29, 0.717) is 5.96 Å². The Morgan fingerprint density at radius 1 is 1.30 bits per heavy atom. The third-order valence-corrected chi connectivity index (χ3v) is 3.00. The Morgan fingerprint density at radius 2 is 2.00 bits per heavy atom. The number of hydrogen-bond acceptors (Lipinski definition) is 4. The SMILES string of the molecule is Cc1noc(C)c1C(C)N=C(NN)Nc1ccccc1. The fourth-order valence-electron chi connectivity index (χ4n) is 2.11. The van der Waals surface area contributed by atoms with Crippen LogP contribution in [0.15, 0.2) is 39.8 Å². The lowest BCUT2D eigenvalue weighted by Gasteiger charge is -2.12. The number of aliphatic imine (C=N–C) groups is 1. The summed E-state index contributed by atoms with van der Waals surface area (Å²) in [5.41, 5.74) is 5.30. The summed E-state index contributed by atoms with van der Waals surface area (Å²) in [6.07, 6.45) is 0. The van der Waals surface area contributed by atoms with Gasteiger partial charge in [0, 0.05) is 11.3 Å². The Morgan fingerprint density at radius 3 is 2.55 bits per heavy atom. The van der Waals surface area contributed by atoms with Gasteiger partial charge in [-0.05, 0) is 32.9 Å². The smallest absolute Gasteiger partial charge is 0.210 e. The van der Waals surface area contributed by atoms with E-state index in [2.05, 4.69) is 20.9 Å². The largest absolute Gasteiger partial charge is 0.361 e. The molecule has 1 aromatic heterocycles. The minimum absolute atomic E-state index is 0.108. The van der Waals surface area contributed by atoms with Gasteiger partial charge in [0.25, 0.3) is 0 Å². The Balaban J connectivity index is 2.19. The average molecular weight is 273 g/mol. The minimum Gasteiger partial charge on any atom is -0.361 e. The number of guanidine groups is 1. The van der Waals surface area contributed by atoms with E-state index >= 15 is 0 Å². The lowest BCUT2D eigenvalue weighted by atomic mass is 10.1. The highest BCUT2D eigenvalue weighted by Gasteiger charge is 2.16. The predicted molar refractivity (Wildman–Crippen MR) is 79.2 cm³/mol. The molecule has 0 bridgehead atoms. The van der Waals surface area contributed by atoms with Crippen molar-refractivity contribution in [3.8, 4) is 0 Å². The van der Waals surface area contributed by atoms with Gasteiger partial charge in [-0.1, -0.05) is 23.4 Å². The van der Waals surface area contributed by atoms with Gasteiger partial charge < -0.3 is 9.84 Å². The summed E-state index contributed by atoms with van der Waals surface area (Å²) < 4.78 is 5.16. The first-order valence-corrected chi connectivity index (χ1v) is 6.41. The number of anilines is 1. The molecule has 0 aliphatic carbocycles. The lowest BCUT2D eigenvalue weighted by molar-refractivity contribution is 0.391. The molecule has 1 aromatic carbocycles. The van der Waals surface area contributed by atoms with Gasteiger partial charge in [0.2, 0.25) is 5.96 Å². The van der Waals surface area contributed by atoms with E-state index in [1.165, 1.54) is 0 Å². The number of aryl methyl sites for hydroxylation is 2. The van der Waals surface area contributed by atoms with Crippen molar-refractivity contribution >= 4 is 11.6 Å². The molecule has 0 amide bonds. The van der Waals surface area contributed by atoms with Crippen molar-refractivity contribution in [3.05, 3.63) is 47.3 Å². The molecule has 1 atom stereocenters. The molecule has 2 aromatic rings. The molecule has 0 aliphatic heterocycles. The van der Waals surface area contributed by atoms with Crippen molar-refractivity contribution in [1.82, 2.24) is 10.6 Å². The van der Waals surface area contributed by atoms with Crippen molar-refractivity contribution < 1.29 is 4.52 Å². The molecule has 0 saturated carbocycles. The van der Waals surface area contributed by atoms with E-state index in [-0.39, 0.29) is 6.04 Å². The maximum absolute atomic E-state index is 5.52. The molecule has 20 heavy (non-hydrogen) atoms. The standard InChI is InChI=1S/C14H19N5O/c1-9(13-10(2)19-20-11(13)3)16-14(18-15)17-12-7-5-4-6-8-12/h4-9H,15H2,1-3H3,(H2,16,17,18). The molecule has 2 rings (SSSR count). The number of hydrazine groups is 1. The van der Waals surface area contributed by atoms with Crippen molar-refractivity contribution in [2.75, 3.05) is 5.32 Å². The van der Waals surface area contributed by atoms with Crippen molar-refractivity contribution in [2.45, 2.75) is 26.8 Å². The second-order valence-corrected chi connectivity index (χ2v) is 4.53. The maximum Gasteiger partial charge on any atom is 0.210 e. The van der Waals surface area contributed by atoms with Gasteiger partial charge in [0.05, 0.1) is 11.7 Å². The van der Waals surface area contributed by atoms with Crippen LogP contribution in [-0.4, -0.2) is 11.1 Å². The van der Waals surface area contributed by atoms with E-state index in [4.69, 9.17) is 10.4 Å². The number of nitrogens with zero attached hydrogens (tertiary/aromatic N) is 2. The van der Waals surface area contributed by atoms with Crippen molar-refractivity contribution in [1.29, 1.82) is 0 Å². The van der Waals surface area contributed by atoms with E-state index in [1.807, 2.05) is 51.1 Å². The molecule has 106 valence electrons. The summed E-state index contributed by atoms with van der Waals surface area (Å²) in [7, 11) is 0. The molecule has 6 nitrogen and oxygen atoms in total. The highest BCUT2D eigenvalue weighted by Crippen LogP contribution is 2.24. The monoisotopic (exact) mass is 273 g/mol. The molecular formula is C14H19N5O. The van der Waals surface area contributed by atoms with Crippen LogP contribution in [0, 0.1) is 13.8 Å². The third kappa shape index (κ3) is 3.16. The summed E-state index contributed by atoms with van der Waals surface area (Å²) in [5.74, 6) is 6.78. The third-order valence-electron chi connectivity index (χ3n) is 3.00. The number of rotatable bonds is 3. The van der Waals surface area contributed by atoms with Crippen LogP contribution in [-0.2, 0) is 0 Å². The molecule has 0 spiro atoms. The Labute approximate surface area is 118 Å². The first-order valence-electron chi connectivity index (χ1n) is 6.41. The van der Waals surface area contributed by atoms with E-state index in [9.17, 15) is 0 Å². The fraction of sp³-hybridized carbons (Fsp3) is 0.286. The molecule has 6 heteroatoms. The fourth-order valence-corrected chi connectivity index (χ4v) is 2.11. The number of nitrogens with two attached hydrogens (primary N) is 1. The topological polar surface area (TPSA) is 88.5 Å². The van der Waals surface area contributed by atoms with Crippen LogP contribution in [0.25, 0.3) is 0 Å².